The van der Waals surface area contributed by atoms with Gasteiger partial charge < -0.3 is 4.74 Å². The molecule has 0 N–H and O–H groups in total. The first-order valence-corrected chi connectivity index (χ1v) is 15.2. The third-order valence-electron chi connectivity index (χ3n) is 11.5. The zero-order valence-electron chi connectivity index (χ0n) is 23.9. The van der Waals surface area contributed by atoms with Crippen LogP contribution in [0, 0.1) is 46.3 Å². The summed E-state index contributed by atoms with van der Waals surface area (Å²) in [6.07, 6.45) is 17.0. The first-order chi connectivity index (χ1) is 17.2. The van der Waals surface area contributed by atoms with Gasteiger partial charge in [0.15, 0.2) is 0 Å². The quantitative estimate of drug-likeness (QED) is 0.205. The van der Waals surface area contributed by atoms with E-state index in [4.69, 9.17) is 4.74 Å². The predicted octanol–water partition coefficient (Wildman–Crippen LogP) is 9.25. The summed E-state index contributed by atoms with van der Waals surface area (Å²) < 4.78 is 6.00. The molecule has 0 radical (unpaired) electrons. The van der Waals surface area contributed by atoms with Gasteiger partial charge in [0.2, 0.25) is 0 Å². The Morgan fingerprint density at radius 3 is 2.46 bits per heavy atom. The van der Waals surface area contributed by atoms with Crippen LogP contribution in [0.3, 0.4) is 0 Å². The molecule has 212 valence electrons. The number of hydrogen-bond donors (Lipinski definition) is 0. The molecule has 1 aromatic rings. The maximum atomic E-state index is 12.7. The van der Waals surface area contributed by atoms with Crippen LogP contribution in [0.2, 0.25) is 0 Å². The minimum Gasteiger partial charge on any atom is -0.458 e. The van der Waals surface area contributed by atoms with Crippen molar-refractivity contribution in [2.24, 2.45) is 46.3 Å². The van der Waals surface area contributed by atoms with E-state index in [1.54, 1.807) is 5.57 Å². The van der Waals surface area contributed by atoms with E-state index in [9.17, 15) is 4.79 Å². The van der Waals surface area contributed by atoms with Crippen LogP contribution < -0.4 is 0 Å². The van der Waals surface area contributed by atoms with Gasteiger partial charge in [-0.05, 0) is 103 Å². The van der Waals surface area contributed by atoms with Gasteiger partial charge in [-0.2, -0.15) is 0 Å². The fourth-order valence-corrected chi connectivity index (χ4v) is 9.55. The Balaban J connectivity index is 0.00000320. The zero-order chi connectivity index (χ0) is 25.5. The van der Waals surface area contributed by atoms with Crippen molar-refractivity contribution in [1.82, 2.24) is 0 Å². The molecular formula is C34H50NoO2. The van der Waals surface area contributed by atoms with E-state index in [1.165, 1.54) is 57.8 Å². The third kappa shape index (κ3) is 4.98. The van der Waals surface area contributed by atoms with Gasteiger partial charge in [-0.1, -0.05) is 83.7 Å². The molecule has 3 heteroatoms. The van der Waals surface area contributed by atoms with E-state index in [0.717, 1.165) is 48.3 Å². The van der Waals surface area contributed by atoms with Crippen molar-refractivity contribution in [3.63, 3.8) is 0 Å². The molecule has 2 nitrogen and oxygen atoms in total. The van der Waals surface area contributed by atoms with E-state index < -0.39 is 0 Å². The monoisotopic (exact) mass is 749 g/mol. The number of rotatable bonds is 7. The average Bonchev–Trinajstić information content (AvgIpc) is 3.22. The average molecular weight is 750 g/mol. The molecule has 0 amide bonds. The van der Waals surface area contributed by atoms with E-state index in [1.807, 2.05) is 30.3 Å². The largest absolute Gasteiger partial charge is 0.458 e. The van der Waals surface area contributed by atoms with Crippen molar-refractivity contribution >= 4 is 5.97 Å². The van der Waals surface area contributed by atoms with Gasteiger partial charge in [0.05, 0.1) is 5.56 Å². The standard InChI is InChI=1S/C34H50O2.No/c1-23(2)10-9-11-24(3)29-16-17-30-28-15-14-26-22-27(36-32(35)25-12-7-6-8-13-25)18-20-33(26,4)31(28)19-21-34(29,30)5;/h6-8,12-14,23-24,27-31H,9-11,15-22H2,1-5H3;/t24-,27+,28+,29-,30+,31+,33+,34-;/m1./s1. The maximum absolute atomic E-state index is 12.7. The number of ether oxygens (including phenoxy) is 1. The Morgan fingerprint density at radius 1 is 0.973 bits per heavy atom. The van der Waals surface area contributed by atoms with Crippen molar-refractivity contribution in [2.75, 3.05) is 0 Å². The van der Waals surface area contributed by atoms with Crippen LogP contribution in [-0.2, 0) is 4.74 Å². The van der Waals surface area contributed by atoms with Crippen LogP contribution in [0.25, 0.3) is 0 Å². The first kappa shape index (κ1) is 27.5. The van der Waals surface area contributed by atoms with Crippen molar-refractivity contribution in [2.45, 2.75) is 111 Å². The van der Waals surface area contributed by atoms with Gasteiger partial charge in [-0.15, -0.1) is 0 Å². The summed E-state index contributed by atoms with van der Waals surface area (Å²) in [5.74, 6) is 5.03. The zero-order valence-corrected chi connectivity index (χ0v) is 26.1. The fourth-order valence-electron chi connectivity index (χ4n) is 9.55. The SMILES string of the molecule is CC(C)CCC[C@@H](C)[C@H]1CC[C@H]2[C@@H]3CC=C4C[C@@H](OC(=O)c5ccccc5)CC[C@]4(C)[C@H]3CC[C@]12C.[No]. The van der Waals surface area contributed by atoms with Crippen LogP contribution in [-0.4, -0.2) is 12.1 Å². The molecule has 0 aromatic heterocycles. The fraction of sp³-hybridized carbons (Fsp3) is 0.735. The summed E-state index contributed by atoms with van der Waals surface area (Å²) in [7, 11) is 0. The minimum atomic E-state index is -0.161. The molecule has 1 aromatic carbocycles. The molecular weight excluding hydrogens is 699 g/mol. The Hall–Kier alpha value is -2.57. The number of allylic oxidation sites excluding steroid dienone is 1. The van der Waals surface area contributed by atoms with Crippen molar-refractivity contribution in [3.8, 4) is 0 Å². The van der Waals surface area contributed by atoms with E-state index >= 15 is 0 Å². The van der Waals surface area contributed by atoms with Gasteiger partial charge >= 0.3 is 5.97 Å². The molecule has 37 heavy (non-hydrogen) atoms. The van der Waals surface area contributed by atoms with Gasteiger partial charge in [0.1, 0.15) is 6.10 Å². The summed E-state index contributed by atoms with van der Waals surface area (Å²) in [5, 5.41) is 0. The van der Waals surface area contributed by atoms with Crippen LogP contribution in [0.1, 0.15) is 116 Å². The summed E-state index contributed by atoms with van der Waals surface area (Å²) in [6.45, 7) is 12.6. The Kier molecular flexibility index (Phi) is 7.91. The van der Waals surface area contributed by atoms with Crippen LogP contribution in [0.4, 0.5) is 0 Å². The number of carbonyl (C=O) groups excluding carboxylic acids is 1. The second-order valence-electron chi connectivity index (χ2n) is 13.9. The topological polar surface area (TPSA) is 26.3 Å². The summed E-state index contributed by atoms with van der Waals surface area (Å²) >= 11 is 0. The molecule has 0 unspecified atom stereocenters. The Bertz CT molecular complexity index is 954. The summed E-state index contributed by atoms with van der Waals surface area (Å²) in [4.78, 5) is 12.7. The molecule has 3 saturated carbocycles. The molecule has 0 aliphatic heterocycles. The van der Waals surface area contributed by atoms with Gasteiger partial charge in [0.25, 0.3) is 0 Å². The number of hydrogen-bond acceptors (Lipinski definition) is 2. The summed E-state index contributed by atoms with van der Waals surface area (Å²) in [6, 6.07) is 9.49. The second-order valence-corrected chi connectivity index (χ2v) is 13.9. The molecule has 3 fully saturated rings. The van der Waals surface area contributed by atoms with Gasteiger partial charge in [-0.3, -0.25) is 0 Å². The van der Waals surface area contributed by atoms with E-state index in [2.05, 4.69) is 40.7 Å². The molecule has 4 aliphatic carbocycles. The normalized spacial score (nSPS) is 37.5. The van der Waals surface area contributed by atoms with Gasteiger partial charge in [0, 0.05) is 6.42 Å². The summed E-state index contributed by atoms with van der Waals surface area (Å²) in [5.41, 5.74) is 3.12. The molecule has 8 atom stereocenters. The number of carbonyl (C=O) groups is 1. The second kappa shape index (κ2) is 10.7. The number of esters is 1. The van der Waals surface area contributed by atoms with Crippen molar-refractivity contribution < 1.29 is 9.53 Å². The van der Waals surface area contributed by atoms with E-state index in [0.29, 0.717) is 16.4 Å². The smallest absolute Gasteiger partial charge is 0.338 e. The molecule has 5 rings (SSSR count). The predicted molar refractivity (Wildman–Crippen MR) is 149 cm³/mol. The van der Waals surface area contributed by atoms with Crippen LogP contribution in [0.15, 0.2) is 42.0 Å². The number of benzene rings is 1. The van der Waals surface area contributed by atoms with Crippen LogP contribution >= 0.6 is 0 Å². The molecule has 4 aliphatic rings. The molecule has 0 spiro atoms. The van der Waals surface area contributed by atoms with Crippen molar-refractivity contribution in [1.29, 1.82) is 0 Å². The van der Waals surface area contributed by atoms with E-state index in [-0.39, 0.29) is 12.1 Å². The van der Waals surface area contributed by atoms with Gasteiger partial charge in [-0.25, -0.2) is 4.79 Å². The maximum Gasteiger partial charge on any atom is 0.338 e. The van der Waals surface area contributed by atoms with Crippen LogP contribution in [0.5, 0.6) is 0 Å². The Morgan fingerprint density at radius 2 is 1.73 bits per heavy atom. The molecule has 0 heterocycles. The third-order valence-corrected chi connectivity index (χ3v) is 11.5. The first-order valence-electron chi connectivity index (χ1n) is 15.2. The molecule has 0 bridgehead atoms. The minimum absolute atomic E-state index is 0. The Labute approximate surface area is 220 Å². The number of fused-ring (bicyclic) bond motifs is 5. The molecule has 0 saturated heterocycles. The van der Waals surface area contributed by atoms with Crippen molar-refractivity contribution in [3.05, 3.63) is 47.5 Å².